The summed E-state index contributed by atoms with van der Waals surface area (Å²) in [6.07, 6.45) is 1.38. The maximum Gasteiger partial charge on any atom is 0.338 e. The van der Waals surface area contributed by atoms with Crippen molar-refractivity contribution in [2.45, 2.75) is 46.3 Å². The second-order valence-electron chi connectivity index (χ2n) is 6.21. The summed E-state index contributed by atoms with van der Waals surface area (Å²) >= 11 is 0. The first-order valence-corrected chi connectivity index (χ1v) is 8.55. The van der Waals surface area contributed by atoms with Gasteiger partial charge in [0.15, 0.2) is 6.10 Å². The van der Waals surface area contributed by atoms with Crippen LogP contribution in [0.1, 0.15) is 49.2 Å². The lowest BCUT2D eigenvalue weighted by Gasteiger charge is -2.17. The van der Waals surface area contributed by atoms with Crippen LogP contribution in [-0.2, 0) is 9.53 Å². The van der Waals surface area contributed by atoms with E-state index in [1.54, 1.807) is 16.9 Å². The molecule has 2 aromatic rings. The SMILES string of the molecule is CC[C@@H](C)n1nccc1NC(=O)[C@@H](C)OC(=O)c1ccc([N+](=O)[O-])c(C)c1. The van der Waals surface area contributed by atoms with Gasteiger partial charge in [-0.1, -0.05) is 6.92 Å². The maximum absolute atomic E-state index is 12.3. The standard InChI is InChI=1S/C18H22N4O5/c1-5-12(3)21-16(8-9-19-21)20-17(23)13(4)27-18(24)14-6-7-15(22(25)26)11(2)10-14/h6-10,12-13H,5H2,1-4H3,(H,20,23)/t12-,13-/m1/s1. The van der Waals surface area contributed by atoms with Gasteiger partial charge >= 0.3 is 5.97 Å². The van der Waals surface area contributed by atoms with Gasteiger partial charge in [-0.25, -0.2) is 9.48 Å². The van der Waals surface area contributed by atoms with Crippen molar-refractivity contribution in [1.29, 1.82) is 0 Å². The Balaban J connectivity index is 2.04. The molecule has 0 radical (unpaired) electrons. The fourth-order valence-corrected chi connectivity index (χ4v) is 2.43. The number of anilines is 1. The number of nitro benzene ring substituents is 1. The maximum atomic E-state index is 12.3. The monoisotopic (exact) mass is 374 g/mol. The number of aryl methyl sites for hydroxylation is 1. The van der Waals surface area contributed by atoms with Gasteiger partial charge in [0, 0.05) is 17.7 Å². The number of carbonyl (C=O) groups excluding carboxylic acids is 2. The molecule has 1 amide bonds. The molecule has 0 aliphatic carbocycles. The normalized spacial score (nSPS) is 12.9. The van der Waals surface area contributed by atoms with Crippen molar-refractivity contribution < 1.29 is 19.2 Å². The third kappa shape index (κ3) is 4.69. The molecule has 2 rings (SSSR count). The molecule has 0 aliphatic heterocycles. The molecule has 0 fully saturated rings. The van der Waals surface area contributed by atoms with Crippen LogP contribution >= 0.6 is 0 Å². The van der Waals surface area contributed by atoms with Crippen molar-refractivity contribution in [3.05, 3.63) is 51.7 Å². The zero-order valence-corrected chi connectivity index (χ0v) is 15.6. The zero-order valence-electron chi connectivity index (χ0n) is 15.6. The molecule has 0 unspecified atom stereocenters. The molecular weight excluding hydrogens is 352 g/mol. The lowest BCUT2D eigenvalue weighted by Crippen LogP contribution is -2.31. The van der Waals surface area contributed by atoms with Gasteiger partial charge in [-0.2, -0.15) is 5.10 Å². The largest absolute Gasteiger partial charge is 0.449 e. The summed E-state index contributed by atoms with van der Waals surface area (Å²) in [5.74, 6) is -0.707. The van der Waals surface area contributed by atoms with Crippen LogP contribution in [0.15, 0.2) is 30.5 Å². The first-order chi connectivity index (χ1) is 12.7. The van der Waals surface area contributed by atoms with Crippen LogP contribution in [0.5, 0.6) is 0 Å². The molecule has 9 heteroatoms. The van der Waals surface area contributed by atoms with Gasteiger partial charge in [-0.3, -0.25) is 14.9 Å². The predicted octanol–water partition coefficient (Wildman–Crippen LogP) is 3.25. The number of hydrogen-bond acceptors (Lipinski definition) is 6. The minimum atomic E-state index is -1.05. The van der Waals surface area contributed by atoms with Crippen molar-refractivity contribution >= 4 is 23.4 Å². The van der Waals surface area contributed by atoms with E-state index in [0.717, 1.165) is 6.42 Å². The second-order valence-corrected chi connectivity index (χ2v) is 6.21. The Labute approximate surface area is 156 Å². The zero-order chi connectivity index (χ0) is 20.1. The molecule has 1 aromatic carbocycles. The van der Waals surface area contributed by atoms with Crippen LogP contribution in [0.3, 0.4) is 0 Å². The fourth-order valence-electron chi connectivity index (χ4n) is 2.43. The van der Waals surface area contributed by atoms with Crippen LogP contribution in [0.4, 0.5) is 11.5 Å². The predicted molar refractivity (Wildman–Crippen MR) is 98.6 cm³/mol. The number of ether oxygens (including phenoxy) is 1. The third-order valence-corrected chi connectivity index (χ3v) is 4.21. The highest BCUT2D eigenvalue weighted by Crippen LogP contribution is 2.20. The van der Waals surface area contributed by atoms with E-state index in [4.69, 9.17) is 4.74 Å². The van der Waals surface area contributed by atoms with Gasteiger partial charge in [-0.15, -0.1) is 0 Å². The van der Waals surface area contributed by atoms with Crippen molar-refractivity contribution in [1.82, 2.24) is 9.78 Å². The molecule has 0 saturated heterocycles. The van der Waals surface area contributed by atoms with Gasteiger partial charge < -0.3 is 10.1 Å². The van der Waals surface area contributed by atoms with Gasteiger partial charge in [0.25, 0.3) is 11.6 Å². The Morgan fingerprint density at radius 2 is 2.04 bits per heavy atom. The number of nitro groups is 1. The number of esters is 1. The second kappa shape index (κ2) is 8.43. The molecule has 9 nitrogen and oxygen atoms in total. The van der Waals surface area contributed by atoms with Crippen LogP contribution < -0.4 is 5.32 Å². The van der Waals surface area contributed by atoms with Gasteiger partial charge in [-0.05, 0) is 39.3 Å². The summed E-state index contributed by atoms with van der Waals surface area (Å²) in [7, 11) is 0. The molecule has 2 atom stereocenters. The number of nitrogens with one attached hydrogen (secondary N) is 1. The lowest BCUT2D eigenvalue weighted by atomic mass is 10.1. The topological polar surface area (TPSA) is 116 Å². The molecule has 0 spiro atoms. The molecule has 0 aliphatic rings. The number of carbonyl (C=O) groups is 2. The quantitative estimate of drug-likeness (QED) is 0.452. The number of aromatic nitrogens is 2. The van der Waals surface area contributed by atoms with E-state index in [0.29, 0.717) is 11.4 Å². The number of rotatable bonds is 7. The van der Waals surface area contributed by atoms with Gasteiger partial charge in [0.2, 0.25) is 0 Å². The highest BCUT2D eigenvalue weighted by Gasteiger charge is 2.22. The summed E-state index contributed by atoms with van der Waals surface area (Å²) in [5, 5.41) is 17.7. The number of hydrogen-bond donors (Lipinski definition) is 1. The number of amides is 1. The molecule has 144 valence electrons. The Hall–Kier alpha value is -3.23. The minimum Gasteiger partial charge on any atom is -0.449 e. The summed E-state index contributed by atoms with van der Waals surface area (Å²) in [4.78, 5) is 34.9. The molecule has 27 heavy (non-hydrogen) atoms. The Morgan fingerprint density at radius 1 is 1.33 bits per heavy atom. The highest BCUT2D eigenvalue weighted by molar-refractivity contribution is 5.97. The third-order valence-electron chi connectivity index (χ3n) is 4.21. The summed E-state index contributed by atoms with van der Waals surface area (Å²) < 4.78 is 6.87. The summed E-state index contributed by atoms with van der Waals surface area (Å²) in [6.45, 7) is 6.97. The van der Waals surface area contributed by atoms with Crippen molar-refractivity contribution in [2.24, 2.45) is 0 Å². The van der Waals surface area contributed by atoms with E-state index < -0.39 is 22.9 Å². The van der Waals surface area contributed by atoms with E-state index in [1.165, 1.54) is 32.0 Å². The Morgan fingerprint density at radius 3 is 2.63 bits per heavy atom. The van der Waals surface area contributed by atoms with E-state index in [9.17, 15) is 19.7 Å². The van der Waals surface area contributed by atoms with E-state index in [2.05, 4.69) is 10.4 Å². The Bertz CT molecular complexity index is 861. The average Bonchev–Trinajstić information content (AvgIpc) is 3.08. The first kappa shape index (κ1) is 20.1. The summed E-state index contributed by atoms with van der Waals surface area (Å²) in [6, 6.07) is 5.68. The van der Waals surface area contributed by atoms with E-state index >= 15 is 0 Å². The van der Waals surface area contributed by atoms with Crippen LogP contribution in [0.2, 0.25) is 0 Å². The molecule has 0 bridgehead atoms. The average molecular weight is 374 g/mol. The van der Waals surface area contributed by atoms with E-state index in [1.807, 2.05) is 13.8 Å². The molecule has 1 aromatic heterocycles. The summed E-state index contributed by atoms with van der Waals surface area (Å²) in [5.41, 5.74) is 0.391. The number of benzene rings is 1. The van der Waals surface area contributed by atoms with Crippen molar-refractivity contribution in [3.8, 4) is 0 Å². The van der Waals surface area contributed by atoms with Crippen LogP contribution in [0.25, 0.3) is 0 Å². The molecule has 1 N–H and O–H groups in total. The van der Waals surface area contributed by atoms with Gasteiger partial charge in [0.1, 0.15) is 5.82 Å². The smallest absolute Gasteiger partial charge is 0.338 e. The van der Waals surface area contributed by atoms with Crippen LogP contribution in [0, 0.1) is 17.0 Å². The van der Waals surface area contributed by atoms with Crippen molar-refractivity contribution in [2.75, 3.05) is 5.32 Å². The first-order valence-electron chi connectivity index (χ1n) is 8.55. The van der Waals surface area contributed by atoms with Crippen LogP contribution in [-0.4, -0.2) is 32.7 Å². The fraction of sp³-hybridized carbons (Fsp3) is 0.389. The Kier molecular flexibility index (Phi) is 6.27. The van der Waals surface area contributed by atoms with Gasteiger partial charge in [0.05, 0.1) is 22.7 Å². The minimum absolute atomic E-state index is 0.0874. The molecule has 0 saturated carbocycles. The highest BCUT2D eigenvalue weighted by atomic mass is 16.6. The van der Waals surface area contributed by atoms with E-state index in [-0.39, 0.29) is 17.3 Å². The number of nitrogens with zero attached hydrogens (tertiary/aromatic N) is 3. The lowest BCUT2D eigenvalue weighted by molar-refractivity contribution is -0.385. The van der Waals surface area contributed by atoms with Crippen molar-refractivity contribution in [3.63, 3.8) is 0 Å². The molecular formula is C18H22N4O5. The molecule has 1 heterocycles.